The van der Waals surface area contributed by atoms with E-state index in [-0.39, 0.29) is 5.56 Å². The van der Waals surface area contributed by atoms with Gasteiger partial charge in [-0.25, -0.2) is 13.2 Å². The van der Waals surface area contributed by atoms with Crippen LogP contribution in [0.5, 0.6) is 5.75 Å². The van der Waals surface area contributed by atoms with Gasteiger partial charge >= 0.3 is 0 Å². The summed E-state index contributed by atoms with van der Waals surface area (Å²) >= 11 is 3.35. The molecule has 1 aliphatic heterocycles. The van der Waals surface area contributed by atoms with E-state index in [2.05, 4.69) is 15.9 Å². The molecule has 2 aromatic carbocycles. The molecular weight excluding hydrogens is 347 g/mol. The maximum Gasteiger partial charge on any atom is 0.134 e. The van der Waals surface area contributed by atoms with Gasteiger partial charge < -0.3 is 10.5 Å². The lowest BCUT2D eigenvalue weighted by Crippen LogP contribution is -2.17. The lowest BCUT2D eigenvalue weighted by atomic mass is 9.95. The monoisotopic (exact) mass is 357 g/mol. The Bertz CT molecular complexity index is 697. The topological polar surface area (TPSA) is 35.2 Å². The fourth-order valence-electron chi connectivity index (χ4n) is 2.53. The van der Waals surface area contributed by atoms with Crippen LogP contribution in [0.4, 0.5) is 13.2 Å². The van der Waals surface area contributed by atoms with Crippen molar-refractivity contribution < 1.29 is 17.9 Å². The number of hydrogen-bond acceptors (Lipinski definition) is 2. The summed E-state index contributed by atoms with van der Waals surface area (Å²) in [7, 11) is 0. The summed E-state index contributed by atoms with van der Waals surface area (Å²) in [6.45, 7) is 0.500. The molecule has 6 heteroatoms. The summed E-state index contributed by atoms with van der Waals surface area (Å²) in [5.41, 5.74) is 7.04. The van der Waals surface area contributed by atoms with Crippen molar-refractivity contribution in [3.05, 3.63) is 62.9 Å². The van der Waals surface area contributed by atoms with Crippen LogP contribution in [0.2, 0.25) is 0 Å². The minimum Gasteiger partial charge on any atom is -0.493 e. The molecular formula is C15H11BrF3NO. The zero-order valence-electron chi connectivity index (χ0n) is 10.8. The van der Waals surface area contributed by atoms with Crippen LogP contribution in [0.1, 0.15) is 22.7 Å². The highest BCUT2D eigenvalue weighted by Gasteiger charge is 2.26. The molecule has 3 rings (SSSR count). The molecule has 0 fully saturated rings. The van der Waals surface area contributed by atoms with Gasteiger partial charge in [0.2, 0.25) is 0 Å². The van der Waals surface area contributed by atoms with E-state index in [1.165, 1.54) is 0 Å². The number of hydrogen-bond donors (Lipinski definition) is 1. The zero-order chi connectivity index (χ0) is 15.1. The lowest BCUT2D eigenvalue weighted by Gasteiger charge is -2.18. The fourth-order valence-corrected chi connectivity index (χ4v) is 3.06. The first-order chi connectivity index (χ1) is 9.97. The summed E-state index contributed by atoms with van der Waals surface area (Å²) in [4.78, 5) is 0. The van der Waals surface area contributed by atoms with Crippen LogP contribution in [0, 0.1) is 17.5 Å². The zero-order valence-corrected chi connectivity index (χ0v) is 12.4. The van der Waals surface area contributed by atoms with Gasteiger partial charge in [0.05, 0.1) is 12.6 Å². The predicted molar refractivity (Wildman–Crippen MR) is 75.7 cm³/mol. The number of halogens is 4. The summed E-state index contributed by atoms with van der Waals surface area (Å²) in [6.07, 6.45) is 0.711. The fraction of sp³-hybridized carbons (Fsp3) is 0.200. The molecule has 1 heterocycles. The average Bonchev–Trinajstić information content (AvgIpc) is 2.84. The van der Waals surface area contributed by atoms with Gasteiger partial charge in [-0.3, -0.25) is 0 Å². The van der Waals surface area contributed by atoms with Crippen molar-refractivity contribution >= 4 is 15.9 Å². The minimum atomic E-state index is -1.07. The molecule has 0 saturated heterocycles. The largest absolute Gasteiger partial charge is 0.493 e. The normalized spacial score (nSPS) is 14.7. The van der Waals surface area contributed by atoms with Crippen LogP contribution >= 0.6 is 15.9 Å². The number of rotatable bonds is 2. The van der Waals surface area contributed by atoms with Crippen molar-refractivity contribution in [2.45, 2.75) is 12.5 Å². The molecule has 2 N–H and O–H groups in total. The van der Waals surface area contributed by atoms with Gasteiger partial charge in [-0.2, -0.15) is 0 Å². The van der Waals surface area contributed by atoms with Crippen molar-refractivity contribution in [1.82, 2.24) is 0 Å². The molecule has 110 valence electrons. The second-order valence-electron chi connectivity index (χ2n) is 4.84. The molecule has 0 radical (unpaired) electrons. The molecule has 1 unspecified atom stereocenters. The number of fused-ring (bicyclic) bond motifs is 1. The highest BCUT2D eigenvalue weighted by atomic mass is 79.9. The molecule has 0 amide bonds. The number of ether oxygens (including phenoxy) is 1. The van der Waals surface area contributed by atoms with Gasteiger partial charge in [0.25, 0.3) is 0 Å². The molecule has 21 heavy (non-hydrogen) atoms. The molecule has 0 bridgehead atoms. The van der Waals surface area contributed by atoms with Crippen molar-refractivity contribution in [3.8, 4) is 5.75 Å². The van der Waals surface area contributed by atoms with Gasteiger partial charge in [0.1, 0.15) is 23.2 Å². The second-order valence-corrected chi connectivity index (χ2v) is 5.76. The Morgan fingerprint density at radius 3 is 2.43 bits per heavy atom. The third-order valence-corrected chi connectivity index (χ3v) is 3.92. The standard InChI is InChI=1S/C15H11BrF3NO/c16-8-3-7-1-2-21-15(7)10(4-8)14(20)13-11(18)5-9(17)6-12(13)19/h3-6,14H,1-2,20H2. The third-order valence-electron chi connectivity index (χ3n) is 3.47. The maximum absolute atomic E-state index is 13.9. The summed E-state index contributed by atoms with van der Waals surface area (Å²) < 4.78 is 47.0. The van der Waals surface area contributed by atoms with Crippen LogP contribution in [0.15, 0.2) is 28.7 Å². The molecule has 0 saturated carbocycles. The summed E-state index contributed by atoms with van der Waals surface area (Å²) in [6, 6.07) is 3.72. The summed E-state index contributed by atoms with van der Waals surface area (Å²) in [5.74, 6) is -2.44. The van der Waals surface area contributed by atoms with E-state index in [0.717, 1.165) is 10.0 Å². The Kier molecular flexibility index (Phi) is 3.67. The van der Waals surface area contributed by atoms with Crippen molar-refractivity contribution in [1.29, 1.82) is 0 Å². The van der Waals surface area contributed by atoms with Crippen molar-refractivity contribution in [2.24, 2.45) is 5.73 Å². The van der Waals surface area contributed by atoms with Crippen molar-refractivity contribution in [2.75, 3.05) is 6.61 Å². The quantitative estimate of drug-likeness (QED) is 0.885. The molecule has 2 aromatic rings. The van der Waals surface area contributed by atoms with E-state index in [0.29, 0.717) is 36.5 Å². The maximum atomic E-state index is 13.9. The van der Waals surface area contributed by atoms with E-state index >= 15 is 0 Å². The Balaban J connectivity index is 2.14. The first kappa shape index (κ1) is 14.4. The Morgan fingerprint density at radius 1 is 1.10 bits per heavy atom. The minimum absolute atomic E-state index is 0.368. The lowest BCUT2D eigenvalue weighted by molar-refractivity contribution is 0.352. The first-order valence-corrected chi connectivity index (χ1v) is 7.12. The molecule has 0 spiro atoms. The van der Waals surface area contributed by atoms with Crippen LogP contribution in [0.3, 0.4) is 0 Å². The van der Waals surface area contributed by atoms with Crippen molar-refractivity contribution in [3.63, 3.8) is 0 Å². The SMILES string of the molecule is NC(c1cc(Br)cc2c1OCC2)c1c(F)cc(F)cc1F. The van der Waals surface area contributed by atoms with Crippen LogP contribution in [-0.2, 0) is 6.42 Å². The smallest absolute Gasteiger partial charge is 0.134 e. The van der Waals surface area contributed by atoms with E-state index < -0.39 is 23.5 Å². The predicted octanol–water partition coefficient (Wildman–Crippen LogP) is 3.85. The first-order valence-electron chi connectivity index (χ1n) is 6.32. The average molecular weight is 358 g/mol. The Morgan fingerprint density at radius 2 is 1.76 bits per heavy atom. The van der Waals surface area contributed by atoms with Gasteiger partial charge in [-0.15, -0.1) is 0 Å². The number of nitrogens with two attached hydrogens (primary N) is 1. The van der Waals surface area contributed by atoms with Crippen LogP contribution in [-0.4, -0.2) is 6.61 Å². The van der Waals surface area contributed by atoms with Gasteiger partial charge in [-0.05, 0) is 17.7 Å². The van der Waals surface area contributed by atoms with E-state index in [9.17, 15) is 13.2 Å². The third kappa shape index (κ3) is 2.53. The number of benzene rings is 2. The molecule has 0 aromatic heterocycles. The highest BCUT2D eigenvalue weighted by Crippen LogP contribution is 2.38. The highest BCUT2D eigenvalue weighted by molar-refractivity contribution is 9.10. The molecule has 1 aliphatic rings. The summed E-state index contributed by atoms with van der Waals surface area (Å²) in [5, 5.41) is 0. The Hall–Kier alpha value is -1.53. The molecule has 2 nitrogen and oxygen atoms in total. The van der Waals surface area contributed by atoms with E-state index in [1.807, 2.05) is 6.07 Å². The van der Waals surface area contributed by atoms with Gasteiger partial charge in [0, 0.05) is 34.2 Å². The van der Waals surface area contributed by atoms with Gasteiger partial charge in [0.15, 0.2) is 0 Å². The molecule has 1 atom stereocenters. The van der Waals surface area contributed by atoms with E-state index in [1.54, 1.807) is 6.07 Å². The Labute approximate surface area is 127 Å². The van der Waals surface area contributed by atoms with E-state index in [4.69, 9.17) is 10.5 Å². The molecule has 0 aliphatic carbocycles. The van der Waals surface area contributed by atoms with Crippen LogP contribution in [0.25, 0.3) is 0 Å². The van der Waals surface area contributed by atoms with Crippen LogP contribution < -0.4 is 10.5 Å². The van der Waals surface area contributed by atoms with Gasteiger partial charge in [-0.1, -0.05) is 15.9 Å². The second kappa shape index (κ2) is 5.35.